The molecule has 0 bridgehead atoms. The summed E-state index contributed by atoms with van der Waals surface area (Å²) >= 11 is 7.24. The summed E-state index contributed by atoms with van der Waals surface area (Å²) in [5.41, 5.74) is 21.1. The normalized spacial score (nSPS) is 14.9. The number of fused-ring (bicyclic) bond motifs is 4. The molecule has 0 aliphatic carbocycles. The third-order valence-corrected chi connectivity index (χ3v) is 9.79. The lowest BCUT2D eigenvalue weighted by Gasteiger charge is -2.30. The van der Waals surface area contributed by atoms with Gasteiger partial charge in [-0.05, 0) is 58.4 Å². The van der Waals surface area contributed by atoms with Gasteiger partial charge >= 0.3 is 11.1 Å². The fourth-order valence-corrected chi connectivity index (χ4v) is 7.32. The summed E-state index contributed by atoms with van der Waals surface area (Å²) < 4.78 is 2.03. The third-order valence-electron chi connectivity index (χ3n) is 8.38. The Bertz CT molecular complexity index is 1930. The first kappa shape index (κ1) is 30.3. The number of benzene rings is 4. The molecule has 5 aromatic rings. The third kappa shape index (κ3) is 6.53. The highest BCUT2D eigenvalue weighted by atomic mass is 79.9. The Morgan fingerprint density at radius 2 is 1.16 bits per heavy atom. The fourth-order valence-electron chi connectivity index (χ4n) is 6.12. The predicted molar refractivity (Wildman–Crippen MR) is 184 cm³/mol. The predicted octanol–water partition coefficient (Wildman–Crippen LogP) is 5.71. The molecule has 0 saturated carbocycles. The number of aromatic amines is 2. The molecule has 6 N–H and O–H groups in total. The second kappa shape index (κ2) is 13.1. The molecule has 8 nitrogen and oxygen atoms in total. The summed E-state index contributed by atoms with van der Waals surface area (Å²) in [5, 5.41) is 0. The van der Waals surface area contributed by atoms with Gasteiger partial charge in [-0.15, -0.1) is 0 Å². The topological polar surface area (TPSA) is 124 Å². The lowest BCUT2D eigenvalue weighted by molar-refractivity contribution is 0.245. The van der Waals surface area contributed by atoms with E-state index in [1.807, 2.05) is 18.2 Å². The Labute approximate surface area is 272 Å². The molecule has 0 saturated heterocycles. The van der Waals surface area contributed by atoms with Crippen molar-refractivity contribution in [3.8, 4) is 0 Å². The van der Waals surface area contributed by atoms with E-state index in [4.69, 9.17) is 11.5 Å². The number of rotatable bonds is 4. The number of nitrogens with one attached hydrogen (secondary N) is 2. The van der Waals surface area contributed by atoms with Crippen LogP contribution < -0.4 is 22.6 Å². The number of H-pyrrole nitrogens is 2. The maximum atomic E-state index is 11.7. The van der Waals surface area contributed by atoms with Gasteiger partial charge in [0.15, 0.2) is 0 Å². The first-order chi connectivity index (χ1) is 21.3. The highest BCUT2D eigenvalue weighted by Gasteiger charge is 2.23. The van der Waals surface area contributed by atoms with Crippen LogP contribution in [0.15, 0.2) is 91.3 Å². The summed E-state index contributed by atoms with van der Waals surface area (Å²) in [6, 6.07) is 24.7. The molecule has 44 heavy (non-hydrogen) atoms. The molecule has 0 atom stereocenters. The van der Waals surface area contributed by atoms with E-state index in [-0.39, 0.29) is 0 Å². The first-order valence-corrected chi connectivity index (χ1v) is 16.2. The Balaban J connectivity index is 0.000000159. The van der Waals surface area contributed by atoms with Crippen molar-refractivity contribution in [3.63, 3.8) is 0 Å². The van der Waals surface area contributed by atoms with Gasteiger partial charge in [-0.2, -0.15) is 0 Å². The van der Waals surface area contributed by atoms with Gasteiger partial charge in [0.05, 0.1) is 22.4 Å². The van der Waals surface area contributed by atoms with Crippen LogP contribution in [0.1, 0.15) is 33.4 Å². The SMILES string of the molecule is Nc1cc(Br)c2c(c1N)CCN(Cc1ccccc1)C2.O=c1[nH]c2cc(Br)c3c(c2[nH]c1=O)CCN(Cc1ccccc1)C3. The van der Waals surface area contributed by atoms with Crippen molar-refractivity contribution < 1.29 is 0 Å². The van der Waals surface area contributed by atoms with Crippen molar-refractivity contribution >= 4 is 54.3 Å². The molecule has 2 aliphatic rings. The zero-order valence-electron chi connectivity index (χ0n) is 24.2. The van der Waals surface area contributed by atoms with Gasteiger partial charge in [0.2, 0.25) is 0 Å². The van der Waals surface area contributed by atoms with Gasteiger partial charge in [-0.25, -0.2) is 0 Å². The highest BCUT2D eigenvalue weighted by molar-refractivity contribution is 9.10. The molecule has 7 rings (SSSR count). The Kier molecular flexibility index (Phi) is 9.04. The molecule has 4 aromatic carbocycles. The molecule has 2 aliphatic heterocycles. The Hall–Kier alpha value is -3.70. The molecule has 0 spiro atoms. The minimum Gasteiger partial charge on any atom is -0.397 e. The first-order valence-electron chi connectivity index (χ1n) is 14.6. The van der Waals surface area contributed by atoms with E-state index in [1.54, 1.807) is 0 Å². The Morgan fingerprint density at radius 3 is 1.75 bits per heavy atom. The van der Waals surface area contributed by atoms with E-state index < -0.39 is 11.1 Å². The Morgan fingerprint density at radius 1 is 0.659 bits per heavy atom. The van der Waals surface area contributed by atoms with Gasteiger partial charge in [0, 0.05) is 48.2 Å². The second-order valence-electron chi connectivity index (χ2n) is 11.4. The van der Waals surface area contributed by atoms with Crippen LogP contribution in [-0.2, 0) is 39.0 Å². The summed E-state index contributed by atoms with van der Waals surface area (Å²) in [4.78, 5) is 33.5. The molecular formula is C34H34Br2N6O2. The molecule has 0 radical (unpaired) electrons. The molecule has 0 amide bonds. The van der Waals surface area contributed by atoms with Crippen LogP contribution in [0, 0.1) is 0 Å². The van der Waals surface area contributed by atoms with Crippen LogP contribution in [0.3, 0.4) is 0 Å². The van der Waals surface area contributed by atoms with Crippen LogP contribution in [0.4, 0.5) is 11.4 Å². The zero-order chi connectivity index (χ0) is 30.8. The number of hydrogen-bond acceptors (Lipinski definition) is 6. The molecule has 0 fully saturated rings. The van der Waals surface area contributed by atoms with Gasteiger partial charge in [0.25, 0.3) is 0 Å². The smallest absolute Gasteiger partial charge is 0.314 e. The van der Waals surface area contributed by atoms with Crippen molar-refractivity contribution in [1.82, 2.24) is 19.8 Å². The zero-order valence-corrected chi connectivity index (χ0v) is 27.4. The summed E-state index contributed by atoms with van der Waals surface area (Å²) in [7, 11) is 0. The second-order valence-corrected chi connectivity index (χ2v) is 13.1. The quantitative estimate of drug-likeness (QED) is 0.140. The number of halogens is 2. The van der Waals surface area contributed by atoms with Crippen molar-refractivity contribution in [2.24, 2.45) is 0 Å². The molecule has 10 heteroatoms. The maximum absolute atomic E-state index is 11.7. The van der Waals surface area contributed by atoms with E-state index >= 15 is 0 Å². The lowest BCUT2D eigenvalue weighted by Crippen LogP contribution is -2.33. The number of nitrogens with zero attached hydrogens (tertiary/aromatic N) is 2. The summed E-state index contributed by atoms with van der Waals surface area (Å²) in [6.07, 6.45) is 1.79. The number of nitrogens with two attached hydrogens (primary N) is 2. The van der Waals surface area contributed by atoms with Gasteiger partial charge in [-0.1, -0.05) is 92.5 Å². The number of nitrogen functional groups attached to an aromatic ring is 2. The van der Waals surface area contributed by atoms with Crippen molar-refractivity contribution in [3.05, 3.63) is 136 Å². The number of aromatic nitrogens is 2. The van der Waals surface area contributed by atoms with Crippen molar-refractivity contribution in [1.29, 1.82) is 0 Å². The monoisotopic (exact) mass is 716 g/mol. The van der Waals surface area contributed by atoms with E-state index in [0.717, 1.165) is 77.8 Å². The molecular weight excluding hydrogens is 684 g/mol. The van der Waals surface area contributed by atoms with Gasteiger partial charge in [-0.3, -0.25) is 19.4 Å². The average molecular weight is 718 g/mol. The number of anilines is 2. The van der Waals surface area contributed by atoms with E-state index in [1.165, 1.54) is 27.8 Å². The standard InChI is InChI=1S/C18H16BrN3O2.C16H18BrN3/c19-14-8-15-16(21-18(24)17(23)20-15)12-6-7-22(10-13(12)14)9-11-4-2-1-3-5-11;17-14-8-15(18)16(19)12-6-7-20(10-13(12)14)9-11-4-2-1-3-5-11/h1-5,8H,6-7,9-10H2,(H,20,23)(H,21,24);1-5,8H,6-7,9-10,18-19H2. The maximum Gasteiger partial charge on any atom is 0.314 e. The van der Waals surface area contributed by atoms with Gasteiger partial charge < -0.3 is 21.4 Å². The highest BCUT2D eigenvalue weighted by Crippen LogP contribution is 2.35. The van der Waals surface area contributed by atoms with Crippen LogP contribution in [0.5, 0.6) is 0 Å². The summed E-state index contributed by atoms with van der Waals surface area (Å²) in [6.45, 7) is 5.51. The lowest BCUT2D eigenvalue weighted by atomic mass is 9.96. The van der Waals surface area contributed by atoms with E-state index in [9.17, 15) is 9.59 Å². The largest absolute Gasteiger partial charge is 0.397 e. The van der Waals surface area contributed by atoms with Crippen LogP contribution in [-0.4, -0.2) is 32.9 Å². The fraction of sp³-hybridized carbons (Fsp3) is 0.235. The molecule has 3 heterocycles. The molecule has 1 aromatic heterocycles. The average Bonchev–Trinajstić information content (AvgIpc) is 3.03. The van der Waals surface area contributed by atoms with Crippen LogP contribution in [0.25, 0.3) is 11.0 Å². The van der Waals surface area contributed by atoms with Crippen LogP contribution >= 0.6 is 31.9 Å². The van der Waals surface area contributed by atoms with E-state index in [0.29, 0.717) is 11.2 Å². The summed E-state index contributed by atoms with van der Waals surface area (Å²) in [5.74, 6) is 0. The number of hydrogen-bond donors (Lipinski definition) is 4. The minimum atomic E-state index is -0.615. The van der Waals surface area contributed by atoms with Gasteiger partial charge in [0.1, 0.15) is 0 Å². The molecule has 226 valence electrons. The minimum absolute atomic E-state index is 0.598. The van der Waals surface area contributed by atoms with Crippen molar-refractivity contribution in [2.45, 2.75) is 39.0 Å². The van der Waals surface area contributed by atoms with Crippen LogP contribution in [0.2, 0.25) is 0 Å². The van der Waals surface area contributed by atoms with E-state index in [2.05, 4.69) is 106 Å². The van der Waals surface area contributed by atoms with Crippen molar-refractivity contribution in [2.75, 3.05) is 24.6 Å². The molecule has 0 unspecified atom stereocenters.